The Kier molecular flexibility index (Phi) is 2.64. The molecule has 2 heterocycles. The number of anilines is 1. The Balaban J connectivity index is 2.24. The van der Waals surface area contributed by atoms with Crippen LogP contribution in [0.1, 0.15) is 12.6 Å². The molecule has 0 aliphatic carbocycles. The van der Waals surface area contributed by atoms with Crippen molar-refractivity contribution in [3.8, 4) is 0 Å². The zero-order valence-corrected chi connectivity index (χ0v) is 8.47. The van der Waals surface area contributed by atoms with Gasteiger partial charge >= 0.3 is 5.69 Å². The number of ether oxygens (including phenoxy) is 1. The first kappa shape index (κ1) is 11.0. The van der Waals surface area contributed by atoms with Crippen molar-refractivity contribution in [1.82, 2.24) is 9.55 Å². The molecule has 88 valence electrons. The monoisotopic (exact) mass is 229 g/mol. The number of rotatable bonds is 2. The van der Waals surface area contributed by atoms with Crippen molar-refractivity contribution in [2.24, 2.45) is 0 Å². The van der Waals surface area contributed by atoms with Crippen molar-refractivity contribution in [3.05, 3.63) is 22.7 Å². The minimum absolute atomic E-state index is 0.0744. The molecule has 2 rings (SSSR count). The second kappa shape index (κ2) is 3.84. The van der Waals surface area contributed by atoms with Crippen molar-refractivity contribution in [2.45, 2.75) is 18.3 Å². The van der Waals surface area contributed by atoms with E-state index >= 15 is 0 Å². The third-order valence-electron chi connectivity index (χ3n) is 2.52. The summed E-state index contributed by atoms with van der Waals surface area (Å²) >= 11 is 0. The Bertz CT molecular complexity index is 450. The molecular formula is C9H12FN3O3. The number of aliphatic hydroxyl groups excluding tert-OH is 1. The lowest BCUT2D eigenvalue weighted by Crippen LogP contribution is -2.30. The Hall–Kier alpha value is -1.47. The molecule has 1 saturated heterocycles. The molecule has 1 aliphatic heterocycles. The molecule has 0 saturated carbocycles. The molecule has 16 heavy (non-hydrogen) atoms. The molecule has 1 aromatic rings. The van der Waals surface area contributed by atoms with Gasteiger partial charge in [-0.05, 0) is 6.07 Å². The molecule has 2 atom stereocenters. The lowest BCUT2D eigenvalue weighted by molar-refractivity contribution is 0.0274. The summed E-state index contributed by atoms with van der Waals surface area (Å²) in [6, 6.07) is 1.43. The van der Waals surface area contributed by atoms with Gasteiger partial charge in [-0.1, -0.05) is 0 Å². The number of aliphatic hydroxyl groups is 1. The molecule has 0 aromatic carbocycles. The van der Waals surface area contributed by atoms with E-state index in [0.29, 0.717) is 0 Å². The number of nitrogen functional groups attached to an aromatic ring is 1. The Morgan fingerprint density at radius 2 is 2.56 bits per heavy atom. The van der Waals surface area contributed by atoms with Gasteiger partial charge in [0.15, 0.2) is 5.67 Å². The van der Waals surface area contributed by atoms with Gasteiger partial charge in [-0.25, -0.2) is 9.18 Å². The van der Waals surface area contributed by atoms with Crippen LogP contribution in [0.15, 0.2) is 17.1 Å². The average molecular weight is 229 g/mol. The van der Waals surface area contributed by atoms with Crippen LogP contribution in [0.4, 0.5) is 10.2 Å². The number of aromatic nitrogens is 2. The van der Waals surface area contributed by atoms with Gasteiger partial charge in [0, 0.05) is 12.6 Å². The fourth-order valence-electron chi connectivity index (χ4n) is 1.61. The summed E-state index contributed by atoms with van der Waals surface area (Å²) in [7, 11) is 0. The van der Waals surface area contributed by atoms with Gasteiger partial charge in [0.05, 0.1) is 13.2 Å². The zero-order valence-electron chi connectivity index (χ0n) is 8.47. The fraction of sp³-hybridized carbons (Fsp3) is 0.556. The van der Waals surface area contributed by atoms with Crippen molar-refractivity contribution >= 4 is 5.82 Å². The van der Waals surface area contributed by atoms with E-state index in [0.717, 1.165) is 4.57 Å². The first-order valence-corrected chi connectivity index (χ1v) is 4.80. The average Bonchev–Trinajstić information content (AvgIpc) is 2.62. The maximum Gasteiger partial charge on any atom is 0.351 e. The SMILES string of the molecule is Nc1ccn([C@H]2C[C@@](F)(CO)CO2)c(=O)n1. The summed E-state index contributed by atoms with van der Waals surface area (Å²) < 4.78 is 19.9. The molecule has 3 N–H and O–H groups in total. The van der Waals surface area contributed by atoms with Crippen molar-refractivity contribution in [3.63, 3.8) is 0 Å². The van der Waals surface area contributed by atoms with Crippen LogP contribution in [0, 0.1) is 0 Å². The molecule has 1 aromatic heterocycles. The molecule has 6 nitrogen and oxygen atoms in total. The van der Waals surface area contributed by atoms with Crippen LogP contribution in [0.5, 0.6) is 0 Å². The van der Waals surface area contributed by atoms with Crippen molar-refractivity contribution in [1.29, 1.82) is 0 Å². The Labute approximate surface area is 90.5 Å². The maximum absolute atomic E-state index is 13.7. The molecule has 1 fully saturated rings. The highest BCUT2D eigenvalue weighted by molar-refractivity contribution is 5.23. The van der Waals surface area contributed by atoms with Crippen LogP contribution in [-0.4, -0.2) is 33.5 Å². The van der Waals surface area contributed by atoms with Crippen LogP contribution in [0.3, 0.4) is 0 Å². The fourth-order valence-corrected chi connectivity index (χ4v) is 1.61. The van der Waals surface area contributed by atoms with Crippen LogP contribution >= 0.6 is 0 Å². The smallest absolute Gasteiger partial charge is 0.351 e. The van der Waals surface area contributed by atoms with E-state index in [4.69, 9.17) is 15.6 Å². The van der Waals surface area contributed by atoms with Gasteiger partial charge < -0.3 is 15.6 Å². The largest absolute Gasteiger partial charge is 0.393 e. The predicted octanol–water partition coefficient (Wildman–Crippen LogP) is -0.555. The second-order valence-corrected chi connectivity index (χ2v) is 3.82. The van der Waals surface area contributed by atoms with E-state index in [1.165, 1.54) is 12.3 Å². The van der Waals surface area contributed by atoms with Crippen LogP contribution in [0.25, 0.3) is 0 Å². The maximum atomic E-state index is 13.7. The molecule has 0 bridgehead atoms. The predicted molar refractivity (Wildman–Crippen MR) is 53.4 cm³/mol. The minimum atomic E-state index is -1.79. The first-order chi connectivity index (χ1) is 7.54. The van der Waals surface area contributed by atoms with E-state index in [-0.39, 0.29) is 18.8 Å². The van der Waals surface area contributed by atoms with E-state index in [1.54, 1.807) is 0 Å². The Morgan fingerprint density at radius 3 is 3.12 bits per heavy atom. The van der Waals surface area contributed by atoms with Gasteiger partial charge in [0.1, 0.15) is 12.0 Å². The van der Waals surface area contributed by atoms with Crippen LogP contribution in [-0.2, 0) is 4.74 Å². The topological polar surface area (TPSA) is 90.4 Å². The summed E-state index contributed by atoms with van der Waals surface area (Å²) in [4.78, 5) is 14.9. The zero-order chi connectivity index (χ0) is 11.8. The normalized spacial score (nSPS) is 29.5. The van der Waals surface area contributed by atoms with Crippen LogP contribution in [0.2, 0.25) is 0 Å². The summed E-state index contributed by atoms with van der Waals surface area (Å²) in [5.74, 6) is 0.105. The molecule has 1 aliphatic rings. The van der Waals surface area contributed by atoms with Crippen molar-refractivity contribution < 1.29 is 14.2 Å². The van der Waals surface area contributed by atoms with Gasteiger partial charge in [0.25, 0.3) is 0 Å². The molecule has 7 heteroatoms. The third kappa shape index (κ3) is 1.91. The van der Waals surface area contributed by atoms with E-state index < -0.39 is 24.2 Å². The molecule has 0 amide bonds. The Morgan fingerprint density at radius 1 is 1.81 bits per heavy atom. The number of alkyl halides is 1. The summed E-state index contributed by atoms with van der Waals surface area (Å²) in [6.45, 7) is -0.856. The summed E-state index contributed by atoms with van der Waals surface area (Å²) in [5, 5.41) is 8.83. The summed E-state index contributed by atoms with van der Waals surface area (Å²) in [5.41, 5.74) is 2.95. The van der Waals surface area contributed by atoms with Crippen LogP contribution < -0.4 is 11.4 Å². The minimum Gasteiger partial charge on any atom is -0.393 e. The second-order valence-electron chi connectivity index (χ2n) is 3.82. The quantitative estimate of drug-likeness (QED) is 0.709. The van der Waals surface area contributed by atoms with E-state index in [2.05, 4.69) is 4.98 Å². The number of nitrogens with two attached hydrogens (primary N) is 1. The molecule has 0 radical (unpaired) electrons. The lowest BCUT2D eigenvalue weighted by atomic mass is 10.1. The van der Waals surface area contributed by atoms with E-state index in [9.17, 15) is 9.18 Å². The molecular weight excluding hydrogens is 217 g/mol. The van der Waals surface area contributed by atoms with Gasteiger partial charge in [0.2, 0.25) is 0 Å². The third-order valence-corrected chi connectivity index (χ3v) is 2.52. The number of nitrogens with zero attached hydrogens (tertiary/aromatic N) is 2. The van der Waals surface area contributed by atoms with Gasteiger partial charge in [-0.2, -0.15) is 4.98 Å². The van der Waals surface area contributed by atoms with Crippen molar-refractivity contribution in [2.75, 3.05) is 18.9 Å². The van der Waals surface area contributed by atoms with Gasteiger partial charge in [-0.15, -0.1) is 0 Å². The van der Waals surface area contributed by atoms with E-state index in [1.807, 2.05) is 0 Å². The lowest BCUT2D eigenvalue weighted by Gasteiger charge is -2.14. The number of hydrogen-bond donors (Lipinski definition) is 2. The standard InChI is InChI=1S/C9H12FN3O3/c10-9(4-14)3-7(16-5-9)13-2-1-6(11)12-8(13)15/h1-2,7,14H,3-5H2,(H2,11,12,15)/t7-,9-/m1/s1. The highest BCUT2D eigenvalue weighted by Crippen LogP contribution is 2.32. The highest BCUT2D eigenvalue weighted by atomic mass is 19.1. The number of halogens is 1. The molecule has 0 unspecified atom stereocenters. The first-order valence-electron chi connectivity index (χ1n) is 4.80. The highest BCUT2D eigenvalue weighted by Gasteiger charge is 2.41. The number of hydrogen-bond acceptors (Lipinski definition) is 5. The molecule has 0 spiro atoms. The summed E-state index contributed by atoms with van der Waals surface area (Å²) in [6.07, 6.45) is 0.589. The van der Waals surface area contributed by atoms with Gasteiger partial charge in [-0.3, -0.25) is 4.57 Å².